The maximum Gasteiger partial charge on any atom is 0.258 e. The molecule has 0 saturated heterocycles. The zero-order valence-electron chi connectivity index (χ0n) is 13.1. The lowest BCUT2D eigenvalue weighted by atomic mass is 10.2. The van der Waals surface area contributed by atoms with E-state index in [0.29, 0.717) is 22.7 Å². The van der Waals surface area contributed by atoms with Crippen LogP contribution < -0.4 is 10.9 Å². The van der Waals surface area contributed by atoms with Crippen LogP contribution in [0.3, 0.4) is 0 Å². The molecule has 0 fully saturated rings. The lowest BCUT2D eigenvalue weighted by Crippen LogP contribution is -2.17. The van der Waals surface area contributed by atoms with Gasteiger partial charge < -0.3 is 5.32 Å². The van der Waals surface area contributed by atoms with Gasteiger partial charge in [-0.2, -0.15) is 5.10 Å². The summed E-state index contributed by atoms with van der Waals surface area (Å²) in [6, 6.07) is 13.3. The summed E-state index contributed by atoms with van der Waals surface area (Å²) >= 11 is 0. The minimum atomic E-state index is -0.398. The minimum Gasteiger partial charge on any atom is -0.375 e. The number of aromatic nitrogens is 4. The lowest BCUT2D eigenvalue weighted by Gasteiger charge is -2.13. The van der Waals surface area contributed by atoms with Gasteiger partial charge in [0.2, 0.25) is 0 Å². The Morgan fingerprint density at radius 3 is 2.84 bits per heavy atom. The smallest absolute Gasteiger partial charge is 0.258 e. The Kier molecular flexibility index (Phi) is 3.74. The van der Waals surface area contributed by atoms with E-state index in [4.69, 9.17) is 0 Å². The fraction of sp³-hybridized carbons (Fsp3) is 0.0556. The standard InChI is InChI=1S/C18H14FN5O/c19-14-5-3-6-15(24-10-4-8-21-24)18(14)20-12-13-11-17(25)23-9-2-1-7-16(23)22-13/h1-11,20H,12H2. The van der Waals surface area contributed by atoms with Gasteiger partial charge in [0, 0.05) is 24.7 Å². The molecule has 0 aliphatic carbocycles. The summed E-state index contributed by atoms with van der Waals surface area (Å²) in [4.78, 5) is 16.6. The molecule has 3 heterocycles. The molecule has 0 atom stereocenters. The van der Waals surface area contributed by atoms with Crippen molar-refractivity contribution in [1.29, 1.82) is 0 Å². The summed E-state index contributed by atoms with van der Waals surface area (Å²) in [6.45, 7) is 0.218. The number of benzene rings is 1. The molecule has 0 amide bonds. The molecule has 6 nitrogen and oxygen atoms in total. The predicted molar refractivity (Wildman–Crippen MR) is 92.3 cm³/mol. The van der Waals surface area contributed by atoms with Crippen molar-refractivity contribution in [2.75, 3.05) is 5.32 Å². The Balaban J connectivity index is 1.67. The Labute approximate surface area is 142 Å². The van der Waals surface area contributed by atoms with E-state index < -0.39 is 5.82 Å². The minimum absolute atomic E-state index is 0.178. The second kappa shape index (κ2) is 6.20. The third-order valence-electron chi connectivity index (χ3n) is 3.81. The van der Waals surface area contributed by atoms with Gasteiger partial charge in [0.1, 0.15) is 11.5 Å². The van der Waals surface area contributed by atoms with Gasteiger partial charge in [-0.05, 0) is 30.3 Å². The molecule has 0 saturated carbocycles. The van der Waals surface area contributed by atoms with Crippen LogP contribution in [0.4, 0.5) is 10.1 Å². The van der Waals surface area contributed by atoms with Crippen molar-refractivity contribution in [2.45, 2.75) is 6.54 Å². The molecule has 0 bridgehead atoms. The van der Waals surface area contributed by atoms with Crippen LogP contribution in [0.15, 0.2) is 71.9 Å². The number of nitrogens with zero attached hydrogens (tertiary/aromatic N) is 4. The van der Waals surface area contributed by atoms with Crippen LogP contribution in [0, 0.1) is 5.82 Å². The van der Waals surface area contributed by atoms with Crippen LogP contribution >= 0.6 is 0 Å². The fourth-order valence-corrected chi connectivity index (χ4v) is 2.66. The number of halogens is 1. The first kappa shape index (κ1) is 15.1. The average Bonchev–Trinajstić information content (AvgIpc) is 3.15. The molecule has 7 heteroatoms. The van der Waals surface area contributed by atoms with Gasteiger partial charge in [-0.15, -0.1) is 0 Å². The van der Waals surface area contributed by atoms with Crippen LogP contribution in [0.5, 0.6) is 0 Å². The summed E-state index contributed by atoms with van der Waals surface area (Å²) < 4.78 is 17.3. The Hall–Kier alpha value is -3.48. The predicted octanol–water partition coefficient (Wildman–Crippen LogP) is 2.63. The second-order valence-corrected chi connectivity index (χ2v) is 5.45. The topological polar surface area (TPSA) is 64.2 Å². The van der Waals surface area contributed by atoms with Crippen molar-refractivity contribution in [3.8, 4) is 5.69 Å². The molecule has 0 radical (unpaired) electrons. The van der Waals surface area contributed by atoms with Gasteiger partial charge in [-0.25, -0.2) is 14.1 Å². The fourth-order valence-electron chi connectivity index (χ4n) is 2.66. The monoisotopic (exact) mass is 335 g/mol. The number of hydrogen-bond acceptors (Lipinski definition) is 4. The van der Waals surface area contributed by atoms with E-state index in [-0.39, 0.29) is 12.1 Å². The second-order valence-electron chi connectivity index (χ2n) is 5.45. The number of para-hydroxylation sites is 1. The van der Waals surface area contributed by atoms with Gasteiger partial charge in [-0.3, -0.25) is 9.20 Å². The molecule has 4 rings (SSSR count). The van der Waals surface area contributed by atoms with E-state index >= 15 is 0 Å². The first-order valence-electron chi connectivity index (χ1n) is 7.72. The first-order valence-corrected chi connectivity index (χ1v) is 7.72. The molecule has 0 aliphatic heterocycles. The normalized spacial score (nSPS) is 10.9. The zero-order chi connectivity index (χ0) is 17.2. The summed E-state index contributed by atoms with van der Waals surface area (Å²) in [7, 11) is 0. The number of rotatable bonds is 4. The summed E-state index contributed by atoms with van der Waals surface area (Å²) in [5.41, 5.74) is 1.80. The van der Waals surface area contributed by atoms with Gasteiger partial charge in [0.25, 0.3) is 5.56 Å². The summed E-state index contributed by atoms with van der Waals surface area (Å²) in [5, 5.41) is 7.17. The maximum atomic E-state index is 14.3. The Morgan fingerprint density at radius 1 is 1.08 bits per heavy atom. The quantitative estimate of drug-likeness (QED) is 0.623. The highest BCUT2D eigenvalue weighted by molar-refractivity contribution is 5.61. The molecule has 25 heavy (non-hydrogen) atoms. The molecule has 0 unspecified atom stereocenters. The number of fused-ring (bicyclic) bond motifs is 1. The van der Waals surface area contributed by atoms with Gasteiger partial charge in [0.05, 0.1) is 23.6 Å². The summed E-state index contributed by atoms with van der Waals surface area (Å²) in [5.74, 6) is -0.398. The van der Waals surface area contributed by atoms with Crippen molar-refractivity contribution < 1.29 is 4.39 Å². The highest BCUT2D eigenvalue weighted by atomic mass is 19.1. The highest BCUT2D eigenvalue weighted by Gasteiger charge is 2.11. The van der Waals surface area contributed by atoms with E-state index in [2.05, 4.69) is 15.4 Å². The maximum absolute atomic E-state index is 14.3. The molecule has 124 valence electrons. The number of nitrogens with one attached hydrogen (secondary N) is 1. The molecule has 3 aromatic heterocycles. The molecule has 0 aliphatic rings. The SMILES string of the molecule is O=c1cc(CNc2c(F)cccc2-n2cccn2)nc2ccccn12. The lowest BCUT2D eigenvalue weighted by molar-refractivity contribution is 0.627. The van der Waals surface area contributed by atoms with E-state index in [1.165, 1.54) is 16.5 Å². The molecule has 1 aromatic carbocycles. The largest absolute Gasteiger partial charge is 0.375 e. The van der Waals surface area contributed by atoms with Crippen molar-refractivity contribution in [3.63, 3.8) is 0 Å². The van der Waals surface area contributed by atoms with Crippen molar-refractivity contribution >= 4 is 11.3 Å². The van der Waals surface area contributed by atoms with Gasteiger partial charge in [0.15, 0.2) is 0 Å². The van der Waals surface area contributed by atoms with Crippen LogP contribution in [0.25, 0.3) is 11.3 Å². The van der Waals surface area contributed by atoms with Crippen LogP contribution in [0.2, 0.25) is 0 Å². The number of hydrogen-bond donors (Lipinski definition) is 1. The average molecular weight is 335 g/mol. The first-order chi connectivity index (χ1) is 12.2. The molecule has 1 N–H and O–H groups in total. The van der Waals surface area contributed by atoms with E-state index in [9.17, 15) is 9.18 Å². The third-order valence-corrected chi connectivity index (χ3v) is 3.81. The number of anilines is 1. The van der Waals surface area contributed by atoms with E-state index in [0.717, 1.165) is 0 Å². The zero-order valence-corrected chi connectivity index (χ0v) is 13.1. The molecular formula is C18H14FN5O. The van der Waals surface area contributed by atoms with Gasteiger partial charge >= 0.3 is 0 Å². The van der Waals surface area contributed by atoms with Crippen LogP contribution in [0.1, 0.15) is 5.69 Å². The Morgan fingerprint density at radius 2 is 2.00 bits per heavy atom. The molecule has 0 spiro atoms. The van der Waals surface area contributed by atoms with Crippen LogP contribution in [-0.2, 0) is 6.54 Å². The van der Waals surface area contributed by atoms with Crippen molar-refractivity contribution in [3.05, 3.63) is 89.0 Å². The van der Waals surface area contributed by atoms with Crippen molar-refractivity contribution in [1.82, 2.24) is 19.2 Å². The van der Waals surface area contributed by atoms with E-state index in [1.54, 1.807) is 53.6 Å². The third kappa shape index (κ3) is 2.87. The van der Waals surface area contributed by atoms with Crippen LogP contribution in [-0.4, -0.2) is 19.2 Å². The summed E-state index contributed by atoms with van der Waals surface area (Å²) in [6.07, 6.45) is 5.02. The molecule has 4 aromatic rings. The highest BCUT2D eigenvalue weighted by Crippen LogP contribution is 2.23. The number of pyridine rings is 1. The van der Waals surface area contributed by atoms with E-state index in [1.807, 2.05) is 6.07 Å². The van der Waals surface area contributed by atoms with Crippen molar-refractivity contribution in [2.24, 2.45) is 0 Å². The Bertz CT molecular complexity index is 1090. The van der Waals surface area contributed by atoms with Gasteiger partial charge in [-0.1, -0.05) is 12.1 Å². The molecular weight excluding hydrogens is 321 g/mol.